The van der Waals surface area contributed by atoms with E-state index in [1.165, 1.54) is 38.1 Å². The SMILES string of the molecule is CCCCCCCCCC[C@H]1OC(=O)CNC(=O)[C@H](C(C)O)NC(=O)[C@H](CN)NC(=O)[C@H](C(C)CC)NC(=O)[C@H](CC(C)C)N(C)C(=O)[C@@H]1C. The summed E-state index contributed by atoms with van der Waals surface area (Å²) < 4.78 is 5.80. The number of unbranched alkanes of at least 4 members (excludes halogenated alkanes) is 7. The van der Waals surface area contributed by atoms with Crippen molar-refractivity contribution < 1.29 is 38.6 Å². The second kappa shape index (κ2) is 23.3. The van der Waals surface area contributed by atoms with Gasteiger partial charge in [-0.15, -0.1) is 0 Å². The Labute approximate surface area is 299 Å². The van der Waals surface area contributed by atoms with Crippen LogP contribution in [0.5, 0.6) is 0 Å². The van der Waals surface area contributed by atoms with Crippen LogP contribution in [0.1, 0.15) is 119 Å². The fourth-order valence-corrected chi connectivity index (χ4v) is 5.99. The minimum atomic E-state index is -1.48. The van der Waals surface area contributed by atoms with E-state index in [0.717, 1.165) is 25.7 Å². The summed E-state index contributed by atoms with van der Waals surface area (Å²) in [5, 5.41) is 20.5. The topological polar surface area (TPSA) is 209 Å². The normalized spacial score (nSPS) is 26.5. The van der Waals surface area contributed by atoms with Crippen molar-refractivity contribution in [3.63, 3.8) is 0 Å². The standard InChI is InChI=1S/C36H66N6O8/c1-9-11-12-13-14-15-16-17-18-28-24(6)36(49)42(8)27(19-22(3)4)33(46)40-30(23(5)10-2)35(48)39-26(20-37)32(45)41-31(25(7)43)34(47)38-21-29(44)50-28/h22-28,30-31,43H,9-21,37H2,1-8H3,(H,38,47)(H,39,48)(H,40,46)(H,41,45)/t23?,24-,25?,26+,27+,28-,30+,31+/m1/s1. The zero-order chi connectivity index (χ0) is 38.0. The van der Waals surface area contributed by atoms with E-state index in [9.17, 15) is 33.9 Å². The Bertz CT molecular complexity index is 1100. The van der Waals surface area contributed by atoms with E-state index >= 15 is 0 Å². The number of carbonyl (C=O) groups excluding carboxylic acids is 6. The number of esters is 1. The monoisotopic (exact) mass is 710 g/mol. The smallest absolute Gasteiger partial charge is 0.325 e. The Balaban J connectivity index is 3.50. The summed E-state index contributed by atoms with van der Waals surface area (Å²) in [6, 6.07) is -4.79. The lowest BCUT2D eigenvalue weighted by Crippen LogP contribution is -2.62. The number of rotatable bonds is 15. The summed E-state index contributed by atoms with van der Waals surface area (Å²) in [5.74, 6) is -5.25. The van der Waals surface area contributed by atoms with Crippen LogP contribution in [0.25, 0.3) is 0 Å². The molecule has 0 spiro atoms. The molecular weight excluding hydrogens is 644 g/mol. The number of amides is 5. The number of cyclic esters (lactones) is 1. The van der Waals surface area contributed by atoms with E-state index in [-0.39, 0.29) is 18.4 Å². The fraction of sp³-hybridized carbons (Fsp3) is 0.833. The van der Waals surface area contributed by atoms with E-state index < -0.39 is 84.3 Å². The second-order valence-electron chi connectivity index (χ2n) is 14.3. The highest BCUT2D eigenvalue weighted by molar-refractivity contribution is 5.96. The molecular formula is C36H66N6O8. The zero-order valence-corrected chi connectivity index (χ0v) is 31.7. The van der Waals surface area contributed by atoms with Gasteiger partial charge in [0.05, 0.1) is 12.0 Å². The van der Waals surface area contributed by atoms with Gasteiger partial charge in [-0.1, -0.05) is 92.9 Å². The van der Waals surface area contributed by atoms with E-state index in [1.807, 2.05) is 20.8 Å². The van der Waals surface area contributed by atoms with Crippen LogP contribution in [0.2, 0.25) is 0 Å². The van der Waals surface area contributed by atoms with Crippen LogP contribution in [0.4, 0.5) is 0 Å². The van der Waals surface area contributed by atoms with Crippen molar-refractivity contribution in [2.24, 2.45) is 23.5 Å². The quantitative estimate of drug-likeness (QED) is 0.108. The van der Waals surface area contributed by atoms with Gasteiger partial charge in [0.1, 0.15) is 36.8 Å². The van der Waals surface area contributed by atoms with Crippen LogP contribution in [0, 0.1) is 17.8 Å². The number of likely N-dealkylation sites (N-methyl/N-ethyl adjacent to an activating group) is 1. The third-order valence-electron chi connectivity index (χ3n) is 9.52. The van der Waals surface area contributed by atoms with Gasteiger partial charge in [-0.25, -0.2) is 0 Å². The maximum absolute atomic E-state index is 14.0. The Morgan fingerprint density at radius 1 is 0.820 bits per heavy atom. The molecule has 1 saturated heterocycles. The van der Waals surface area contributed by atoms with Crippen molar-refractivity contribution in [3.05, 3.63) is 0 Å². The van der Waals surface area contributed by atoms with Crippen molar-refractivity contribution in [2.75, 3.05) is 20.1 Å². The van der Waals surface area contributed by atoms with Crippen LogP contribution in [0.3, 0.4) is 0 Å². The average molecular weight is 711 g/mol. The third-order valence-corrected chi connectivity index (χ3v) is 9.52. The lowest BCUT2D eigenvalue weighted by molar-refractivity contribution is -0.157. The lowest BCUT2D eigenvalue weighted by Gasteiger charge is -2.34. The van der Waals surface area contributed by atoms with Crippen LogP contribution in [-0.4, -0.2) is 102 Å². The van der Waals surface area contributed by atoms with Gasteiger partial charge in [-0.05, 0) is 38.0 Å². The predicted molar refractivity (Wildman–Crippen MR) is 191 cm³/mol. The first kappa shape index (κ1) is 44.8. The molecule has 0 aromatic carbocycles. The first-order valence-corrected chi connectivity index (χ1v) is 18.6. The summed E-state index contributed by atoms with van der Waals surface area (Å²) in [6.07, 6.45) is 7.46. The van der Waals surface area contributed by atoms with Crippen molar-refractivity contribution in [1.29, 1.82) is 0 Å². The number of aliphatic hydroxyl groups is 1. The number of ether oxygens (including phenoxy) is 1. The molecule has 1 rings (SSSR count). The van der Waals surface area contributed by atoms with Gasteiger partial charge in [-0.2, -0.15) is 0 Å². The number of nitrogens with two attached hydrogens (primary N) is 1. The molecule has 0 aliphatic carbocycles. The highest BCUT2D eigenvalue weighted by Gasteiger charge is 2.38. The molecule has 50 heavy (non-hydrogen) atoms. The van der Waals surface area contributed by atoms with Crippen molar-refractivity contribution in [1.82, 2.24) is 26.2 Å². The van der Waals surface area contributed by atoms with Crippen molar-refractivity contribution in [3.8, 4) is 0 Å². The highest BCUT2D eigenvalue weighted by Crippen LogP contribution is 2.22. The Morgan fingerprint density at radius 2 is 1.40 bits per heavy atom. The number of aliphatic hydroxyl groups excluding tert-OH is 1. The molecule has 8 atom stereocenters. The Morgan fingerprint density at radius 3 is 1.94 bits per heavy atom. The molecule has 7 N–H and O–H groups in total. The maximum atomic E-state index is 14.0. The number of nitrogens with zero attached hydrogens (tertiary/aromatic N) is 1. The number of nitrogens with one attached hydrogen (secondary N) is 4. The summed E-state index contributed by atoms with van der Waals surface area (Å²) >= 11 is 0. The zero-order valence-electron chi connectivity index (χ0n) is 31.7. The van der Waals surface area contributed by atoms with E-state index in [4.69, 9.17) is 10.5 Å². The molecule has 1 aliphatic heterocycles. The van der Waals surface area contributed by atoms with Gasteiger partial charge in [0.25, 0.3) is 0 Å². The first-order valence-electron chi connectivity index (χ1n) is 18.6. The van der Waals surface area contributed by atoms with Gasteiger partial charge in [0.15, 0.2) is 0 Å². The second-order valence-corrected chi connectivity index (χ2v) is 14.3. The molecule has 0 bridgehead atoms. The summed E-state index contributed by atoms with van der Waals surface area (Å²) in [6.45, 7) is 11.7. The van der Waals surface area contributed by atoms with Crippen molar-refractivity contribution in [2.45, 2.75) is 155 Å². The van der Waals surface area contributed by atoms with E-state index in [2.05, 4.69) is 28.2 Å². The minimum absolute atomic E-state index is 0.00975. The largest absolute Gasteiger partial charge is 0.460 e. The Hall–Kier alpha value is -3.26. The number of hydrogen-bond donors (Lipinski definition) is 6. The molecule has 14 heteroatoms. The van der Waals surface area contributed by atoms with Gasteiger partial charge in [-0.3, -0.25) is 28.8 Å². The molecule has 0 radical (unpaired) electrons. The minimum Gasteiger partial charge on any atom is -0.460 e. The van der Waals surface area contributed by atoms with Crippen LogP contribution >= 0.6 is 0 Å². The predicted octanol–water partition coefficient (Wildman–Crippen LogP) is 1.91. The van der Waals surface area contributed by atoms with Gasteiger partial charge >= 0.3 is 5.97 Å². The molecule has 5 amide bonds. The molecule has 1 fully saturated rings. The van der Waals surface area contributed by atoms with Crippen LogP contribution < -0.4 is 27.0 Å². The first-order chi connectivity index (χ1) is 23.6. The van der Waals surface area contributed by atoms with Gasteiger partial charge in [0.2, 0.25) is 29.5 Å². The molecule has 14 nitrogen and oxygen atoms in total. The molecule has 2 unspecified atom stereocenters. The van der Waals surface area contributed by atoms with Gasteiger partial charge < -0.3 is 41.7 Å². The van der Waals surface area contributed by atoms with Crippen LogP contribution in [-0.2, 0) is 33.5 Å². The molecule has 288 valence electrons. The molecule has 1 aliphatic rings. The van der Waals surface area contributed by atoms with Gasteiger partial charge in [0, 0.05) is 13.6 Å². The van der Waals surface area contributed by atoms with E-state index in [1.54, 1.807) is 13.8 Å². The Kier molecular flexibility index (Phi) is 20.8. The summed E-state index contributed by atoms with van der Waals surface area (Å²) in [7, 11) is 1.53. The molecule has 1 heterocycles. The molecule has 0 aromatic heterocycles. The van der Waals surface area contributed by atoms with E-state index in [0.29, 0.717) is 25.7 Å². The average Bonchev–Trinajstić information content (AvgIpc) is 3.07. The fourth-order valence-electron chi connectivity index (χ4n) is 5.99. The highest BCUT2D eigenvalue weighted by atomic mass is 16.5. The molecule has 0 aromatic rings. The number of hydrogen-bond acceptors (Lipinski definition) is 9. The number of carbonyl (C=O) groups is 6. The molecule has 0 saturated carbocycles. The summed E-state index contributed by atoms with van der Waals surface area (Å²) in [5.41, 5.74) is 5.83. The maximum Gasteiger partial charge on any atom is 0.325 e. The lowest BCUT2D eigenvalue weighted by atomic mass is 9.94. The van der Waals surface area contributed by atoms with Crippen LogP contribution in [0.15, 0.2) is 0 Å². The van der Waals surface area contributed by atoms with Crippen molar-refractivity contribution >= 4 is 35.5 Å². The third kappa shape index (κ3) is 14.9. The summed E-state index contributed by atoms with van der Waals surface area (Å²) in [4.78, 5) is 82.2.